The maximum Gasteiger partial charge on any atom is 0.303 e. The molecule has 0 radical (unpaired) electrons. The molecule has 0 saturated heterocycles. The lowest BCUT2D eigenvalue weighted by molar-refractivity contribution is -0.137. The average molecular weight is 344 g/mol. The molecule has 0 aliphatic carbocycles. The van der Waals surface area contributed by atoms with Crippen LogP contribution in [0.3, 0.4) is 0 Å². The van der Waals surface area contributed by atoms with E-state index in [0.29, 0.717) is 30.1 Å². The maximum absolute atomic E-state index is 12.4. The van der Waals surface area contributed by atoms with Crippen molar-refractivity contribution < 1.29 is 24.2 Å². The molecule has 1 aromatic rings. The summed E-state index contributed by atoms with van der Waals surface area (Å²) in [6, 6.07) is 3.04. The van der Waals surface area contributed by atoms with Gasteiger partial charge < -0.3 is 19.9 Å². The Morgan fingerprint density at radius 2 is 2.00 bits per heavy atom. The van der Waals surface area contributed by atoms with Gasteiger partial charge in [0.15, 0.2) is 11.5 Å². The summed E-state index contributed by atoms with van der Waals surface area (Å²) in [7, 11) is 1.46. The highest BCUT2D eigenvalue weighted by Crippen LogP contribution is 2.36. The first-order chi connectivity index (χ1) is 10.7. The highest BCUT2D eigenvalue weighted by atomic mass is 35.5. The number of hydrogen-bond donors (Lipinski definition) is 2. The van der Waals surface area contributed by atoms with Gasteiger partial charge in [-0.3, -0.25) is 9.59 Å². The third kappa shape index (κ3) is 5.63. The Balaban J connectivity index is 2.95. The Morgan fingerprint density at radius 3 is 2.52 bits per heavy atom. The third-order valence-electron chi connectivity index (χ3n) is 3.20. The fourth-order valence-corrected chi connectivity index (χ4v) is 2.26. The van der Waals surface area contributed by atoms with E-state index in [1.165, 1.54) is 13.2 Å². The van der Waals surface area contributed by atoms with E-state index in [1.807, 2.05) is 6.92 Å². The molecule has 0 bridgehead atoms. The smallest absolute Gasteiger partial charge is 0.303 e. The lowest BCUT2D eigenvalue weighted by Crippen LogP contribution is -2.43. The van der Waals surface area contributed by atoms with E-state index in [4.69, 9.17) is 26.2 Å². The summed E-state index contributed by atoms with van der Waals surface area (Å²) in [6.07, 6.45) is 0.288. The van der Waals surface area contributed by atoms with Crippen molar-refractivity contribution in [2.45, 2.75) is 39.2 Å². The number of carboxylic acid groups (broad SMARTS) is 1. The molecule has 0 aliphatic heterocycles. The van der Waals surface area contributed by atoms with Crippen LogP contribution in [-0.4, -0.2) is 36.2 Å². The first-order valence-electron chi connectivity index (χ1n) is 7.24. The van der Waals surface area contributed by atoms with Crippen molar-refractivity contribution in [1.82, 2.24) is 5.32 Å². The van der Waals surface area contributed by atoms with E-state index in [1.54, 1.807) is 19.9 Å². The molecule has 0 aromatic heterocycles. The molecule has 1 amide bonds. The number of halogens is 1. The Morgan fingerprint density at radius 1 is 1.35 bits per heavy atom. The number of ether oxygens (including phenoxy) is 2. The summed E-state index contributed by atoms with van der Waals surface area (Å²) >= 11 is 6.15. The number of carbonyl (C=O) groups excluding carboxylic acids is 1. The summed E-state index contributed by atoms with van der Waals surface area (Å²) in [5.74, 6) is -0.507. The predicted octanol–water partition coefficient (Wildman–Crippen LogP) is 3.12. The van der Waals surface area contributed by atoms with Crippen LogP contribution in [0.4, 0.5) is 0 Å². The quantitative estimate of drug-likeness (QED) is 0.757. The van der Waals surface area contributed by atoms with Gasteiger partial charge in [-0.1, -0.05) is 11.6 Å². The van der Waals surface area contributed by atoms with Crippen LogP contribution in [0.25, 0.3) is 0 Å². The normalized spacial score (nSPS) is 11.0. The Kier molecular flexibility index (Phi) is 6.69. The molecule has 0 atom stereocenters. The van der Waals surface area contributed by atoms with Crippen LogP contribution in [0, 0.1) is 0 Å². The van der Waals surface area contributed by atoms with Crippen molar-refractivity contribution in [3.05, 3.63) is 22.7 Å². The monoisotopic (exact) mass is 343 g/mol. The largest absolute Gasteiger partial charge is 0.493 e. The first kappa shape index (κ1) is 19.1. The molecule has 23 heavy (non-hydrogen) atoms. The van der Waals surface area contributed by atoms with Crippen LogP contribution in [0.1, 0.15) is 44.0 Å². The highest BCUT2D eigenvalue weighted by molar-refractivity contribution is 6.32. The van der Waals surface area contributed by atoms with Crippen LogP contribution < -0.4 is 14.8 Å². The van der Waals surface area contributed by atoms with Gasteiger partial charge >= 0.3 is 5.97 Å². The van der Waals surface area contributed by atoms with Gasteiger partial charge in [-0.2, -0.15) is 0 Å². The summed E-state index contributed by atoms with van der Waals surface area (Å²) in [5.41, 5.74) is -0.341. The van der Waals surface area contributed by atoms with Crippen LogP contribution in [-0.2, 0) is 4.79 Å². The minimum Gasteiger partial charge on any atom is -0.493 e. The number of carbonyl (C=O) groups is 2. The lowest BCUT2D eigenvalue weighted by atomic mass is 9.97. The van der Waals surface area contributed by atoms with Crippen LogP contribution in [0.5, 0.6) is 11.5 Å². The second-order valence-corrected chi connectivity index (χ2v) is 6.06. The zero-order valence-electron chi connectivity index (χ0n) is 13.7. The van der Waals surface area contributed by atoms with Gasteiger partial charge in [0.25, 0.3) is 5.91 Å². The van der Waals surface area contributed by atoms with E-state index < -0.39 is 11.5 Å². The Bertz CT molecular complexity index is 586. The molecule has 7 heteroatoms. The predicted molar refractivity (Wildman–Crippen MR) is 87.6 cm³/mol. The van der Waals surface area contributed by atoms with Crippen molar-refractivity contribution >= 4 is 23.5 Å². The molecular weight excluding hydrogens is 322 g/mol. The molecule has 1 aromatic carbocycles. The van der Waals surface area contributed by atoms with Gasteiger partial charge in [-0.05, 0) is 39.3 Å². The zero-order chi connectivity index (χ0) is 17.6. The minimum atomic E-state index is -0.905. The summed E-state index contributed by atoms with van der Waals surface area (Å²) in [4.78, 5) is 23.0. The second kappa shape index (κ2) is 8.06. The molecule has 0 unspecified atom stereocenters. The maximum atomic E-state index is 12.4. The van der Waals surface area contributed by atoms with Gasteiger partial charge in [0.1, 0.15) is 0 Å². The third-order valence-corrected chi connectivity index (χ3v) is 3.48. The van der Waals surface area contributed by atoms with Gasteiger partial charge in [-0.15, -0.1) is 0 Å². The van der Waals surface area contributed by atoms with Crippen LogP contribution in [0.15, 0.2) is 12.1 Å². The molecule has 0 aliphatic rings. The number of amides is 1. The fraction of sp³-hybridized carbons (Fsp3) is 0.500. The SMILES string of the molecule is CCOc1c(Cl)cc(C(=O)NC(C)(C)CCC(=O)O)cc1OC. The van der Waals surface area contributed by atoms with Gasteiger partial charge in [0.05, 0.1) is 18.7 Å². The zero-order valence-corrected chi connectivity index (χ0v) is 14.5. The summed E-state index contributed by atoms with van der Waals surface area (Å²) in [5, 5.41) is 11.8. The van der Waals surface area contributed by atoms with Crippen molar-refractivity contribution in [2.24, 2.45) is 0 Å². The van der Waals surface area contributed by atoms with Gasteiger partial charge in [-0.25, -0.2) is 0 Å². The van der Waals surface area contributed by atoms with Crippen molar-refractivity contribution in [3.8, 4) is 11.5 Å². The van der Waals surface area contributed by atoms with Crippen molar-refractivity contribution in [2.75, 3.05) is 13.7 Å². The highest BCUT2D eigenvalue weighted by Gasteiger charge is 2.23. The summed E-state index contributed by atoms with van der Waals surface area (Å²) < 4.78 is 10.6. The van der Waals surface area contributed by atoms with E-state index >= 15 is 0 Å². The van der Waals surface area contributed by atoms with Gasteiger partial charge in [0, 0.05) is 17.5 Å². The molecule has 6 nitrogen and oxygen atoms in total. The molecule has 128 valence electrons. The number of nitrogens with one attached hydrogen (secondary N) is 1. The molecule has 0 saturated carbocycles. The summed E-state index contributed by atoms with van der Waals surface area (Å²) in [6.45, 7) is 5.77. The number of aliphatic carboxylic acids is 1. The number of carboxylic acids is 1. The Hall–Kier alpha value is -1.95. The van der Waals surface area contributed by atoms with Gasteiger partial charge in [0.2, 0.25) is 0 Å². The van der Waals surface area contributed by atoms with E-state index in [9.17, 15) is 9.59 Å². The average Bonchev–Trinajstić information content (AvgIpc) is 2.46. The topological polar surface area (TPSA) is 84.9 Å². The van der Waals surface area contributed by atoms with E-state index in [-0.39, 0.29) is 17.4 Å². The fourth-order valence-electron chi connectivity index (χ4n) is 2.00. The molecular formula is C16H22ClNO5. The molecule has 0 fully saturated rings. The van der Waals surface area contributed by atoms with Crippen LogP contribution >= 0.6 is 11.6 Å². The lowest BCUT2D eigenvalue weighted by Gasteiger charge is -2.26. The van der Waals surface area contributed by atoms with E-state index in [2.05, 4.69) is 5.32 Å². The number of rotatable bonds is 8. The van der Waals surface area contributed by atoms with Crippen LogP contribution in [0.2, 0.25) is 5.02 Å². The standard InChI is InChI=1S/C16H22ClNO5/c1-5-23-14-11(17)8-10(9-12(14)22-4)15(21)18-16(2,3)7-6-13(19)20/h8-9H,5-7H2,1-4H3,(H,18,21)(H,19,20). The number of methoxy groups -OCH3 is 1. The second-order valence-electron chi connectivity index (χ2n) is 5.65. The molecule has 0 heterocycles. The minimum absolute atomic E-state index is 0.0271. The van der Waals surface area contributed by atoms with Crippen molar-refractivity contribution in [3.63, 3.8) is 0 Å². The van der Waals surface area contributed by atoms with Crippen molar-refractivity contribution in [1.29, 1.82) is 0 Å². The molecule has 2 N–H and O–H groups in total. The number of hydrogen-bond acceptors (Lipinski definition) is 4. The number of benzene rings is 1. The first-order valence-corrected chi connectivity index (χ1v) is 7.62. The molecule has 0 spiro atoms. The van der Waals surface area contributed by atoms with E-state index in [0.717, 1.165) is 0 Å². The molecule has 1 rings (SSSR count). The Labute approximate surface area is 140 Å².